The molecule has 1 aliphatic rings. The van der Waals surface area contributed by atoms with E-state index >= 15 is 0 Å². The molecule has 4 heteroatoms. The van der Waals surface area contributed by atoms with Gasteiger partial charge in [-0.15, -0.1) is 0 Å². The van der Waals surface area contributed by atoms with Crippen LogP contribution in [0.4, 0.5) is 51.2 Å². The second kappa shape index (κ2) is 12.0. The number of para-hydroxylation sites is 5. The molecular formula is C42H31N3O. The Labute approximate surface area is 269 Å². The third-order valence-corrected chi connectivity index (χ3v) is 8.18. The lowest BCUT2D eigenvalue weighted by molar-refractivity contribution is 0.477. The molecule has 0 bridgehead atoms. The van der Waals surface area contributed by atoms with Gasteiger partial charge in [-0.2, -0.15) is 0 Å². The molecule has 7 aromatic carbocycles. The Balaban J connectivity index is 1.30. The van der Waals surface area contributed by atoms with Gasteiger partial charge >= 0.3 is 0 Å². The number of nitrogens with zero attached hydrogens (tertiary/aromatic N) is 3. The lowest BCUT2D eigenvalue weighted by atomic mass is 10.1. The fraction of sp³-hybridized carbons (Fsp3) is 0. The predicted octanol–water partition coefficient (Wildman–Crippen LogP) is 12.2. The van der Waals surface area contributed by atoms with E-state index in [1.165, 1.54) is 0 Å². The van der Waals surface area contributed by atoms with Crippen molar-refractivity contribution in [2.75, 3.05) is 14.7 Å². The first-order chi connectivity index (χ1) is 22.8. The van der Waals surface area contributed by atoms with Crippen molar-refractivity contribution in [2.45, 2.75) is 0 Å². The number of ether oxygens (including phenoxy) is 1. The van der Waals surface area contributed by atoms with Gasteiger partial charge in [-0.25, -0.2) is 0 Å². The van der Waals surface area contributed by atoms with Crippen molar-refractivity contribution in [2.24, 2.45) is 0 Å². The summed E-state index contributed by atoms with van der Waals surface area (Å²) in [6.45, 7) is 0. The summed E-state index contributed by atoms with van der Waals surface area (Å²) in [5.74, 6) is 1.61. The molecule has 0 saturated carbocycles. The molecule has 7 aromatic rings. The highest BCUT2D eigenvalue weighted by Gasteiger charge is 2.29. The van der Waals surface area contributed by atoms with Crippen LogP contribution in [0.1, 0.15) is 0 Å². The summed E-state index contributed by atoms with van der Waals surface area (Å²) >= 11 is 0. The SMILES string of the molecule is c1ccc(N(c2ccccc2)c2ccc3c(c2)N(c2ccccc2)c2cc(N(c4ccccc4)c4ccccc4)ccc2O3)cc1. The van der Waals surface area contributed by atoms with E-state index in [-0.39, 0.29) is 0 Å². The van der Waals surface area contributed by atoms with Crippen molar-refractivity contribution in [1.82, 2.24) is 0 Å². The topological polar surface area (TPSA) is 19.0 Å². The summed E-state index contributed by atoms with van der Waals surface area (Å²) in [5, 5.41) is 0. The monoisotopic (exact) mass is 593 g/mol. The van der Waals surface area contributed by atoms with Crippen LogP contribution in [-0.4, -0.2) is 0 Å². The smallest absolute Gasteiger partial charge is 0.151 e. The minimum absolute atomic E-state index is 0.803. The number of fused-ring (bicyclic) bond motifs is 2. The molecule has 4 nitrogen and oxygen atoms in total. The van der Waals surface area contributed by atoms with Gasteiger partial charge in [0.2, 0.25) is 0 Å². The molecule has 0 aliphatic carbocycles. The summed E-state index contributed by atoms with van der Waals surface area (Å²) in [7, 11) is 0. The zero-order valence-corrected chi connectivity index (χ0v) is 25.1. The standard InChI is InChI=1S/C42H31N3O/c1-6-16-32(17-7-1)43(33-18-8-2-9-19-33)37-26-28-41-39(30-37)45(36-24-14-5-15-25-36)40-31-38(27-29-42(40)46-41)44(34-20-10-3-11-21-34)35-22-12-4-13-23-35/h1-31H. The van der Waals surface area contributed by atoms with Crippen LogP contribution in [0.3, 0.4) is 0 Å². The van der Waals surface area contributed by atoms with Crippen molar-refractivity contribution < 1.29 is 4.74 Å². The lowest BCUT2D eigenvalue weighted by Gasteiger charge is -2.35. The fourth-order valence-corrected chi connectivity index (χ4v) is 6.12. The van der Waals surface area contributed by atoms with Crippen LogP contribution in [0.25, 0.3) is 0 Å². The Morgan fingerprint density at radius 3 is 1.00 bits per heavy atom. The molecule has 0 fully saturated rings. The Bertz CT molecular complexity index is 1860. The van der Waals surface area contributed by atoms with Gasteiger partial charge in [0.05, 0.1) is 11.4 Å². The summed E-state index contributed by atoms with van der Waals surface area (Å²) in [4.78, 5) is 6.87. The largest absolute Gasteiger partial charge is 0.453 e. The van der Waals surface area contributed by atoms with Gasteiger partial charge in [-0.05, 0) is 97.1 Å². The molecule has 0 saturated heterocycles. The Morgan fingerprint density at radius 2 is 0.652 bits per heavy atom. The zero-order chi connectivity index (χ0) is 30.7. The maximum atomic E-state index is 6.64. The van der Waals surface area contributed by atoms with Gasteiger partial charge in [-0.3, -0.25) is 0 Å². The molecule has 0 spiro atoms. The van der Waals surface area contributed by atoms with Crippen molar-refractivity contribution in [3.63, 3.8) is 0 Å². The van der Waals surface area contributed by atoms with Crippen LogP contribution in [0, 0.1) is 0 Å². The molecule has 0 radical (unpaired) electrons. The van der Waals surface area contributed by atoms with Crippen LogP contribution >= 0.6 is 0 Å². The number of hydrogen-bond acceptors (Lipinski definition) is 4. The maximum absolute atomic E-state index is 6.64. The molecule has 8 rings (SSSR count). The van der Waals surface area contributed by atoms with Crippen LogP contribution in [0.15, 0.2) is 188 Å². The Hall–Kier alpha value is -6.26. The summed E-state index contributed by atoms with van der Waals surface area (Å²) in [6.07, 6.45) is 0. The van der Waals surface area contributed by atoms with Gasteiger partial charge in [0.1, 0.15) is 0 Å². The highest BCUT2D eigenvalue weighted by molar-refractivity contribution is 5.92. The molecule has 0 unspecified atom stereocenters. The minimum Gasteiger partial charge on any atom is -0.453 e. The van der Waals surface area contributed by atoms with E-state index in [0.717, 1.165) is 62.7 Å². The summed E-state index contributed by atoms with van der Waals surface area (Å²) in [5.41, 5.74) is 9.40. The average molecular weight is 594 g/mol. The molecule has 0 atom stereocenters. The molecule has 0 N–H and O–H groups in total. The number of rotatable bonds is 7. The van der Waals surface area contributed by atoms with Crippen LogP contribution in [0.5, 0.6) is 11.5 Å². The normalized spacial score (nSPS) is 11.6. The predicted molar refractivity (Wildman–Crippen MR) is 191 cm³/mol. The first kappa shape index (κ1) is 27.3. The molecule has 0 amide bonds. The van der Waals surface area contributed by atoms with E-state index < -0.39 is 0 Å². The van der Waals surface area contributed by atoms with Gasteiger partial charge in [-0.1, -0.05) is 91.0 Å². The summed E-state index contributed by atoms with van der Waals surface area (Å²) in [6, 6.07) is 65.3. The van der Waals surface area contributed by atoms with E-state index in [1.54, 1.807) is 0 Å². The molecule has 46 heavy (non-hydrogen) atoms. The average Bonchev–Trinajstić information content (AvgIpc) is 3.13. The molecular weight excluding hydrogens is 562 g/mol. The minimum atomic E-state index is 0.803. The van der Waals surface area contributed by atoms with Crippen molar-refractivity contribution in [3.8, 4) is 11.5 Å². The Kier molecular flexibility index (Phi) is 7.14. The van der Waals surface area contributed by atoms with Gasteiger partial charge < -0.3 is 19.4 Å². The number of anilines is 9. The quantitative estimate of drug-likeness (QED) is 0.183. The van der Waals surface area contributed by atoms with Gasteiger partial charge in [0.15, 0.2) is 11.5 Å². The van der Waals surface area contributed by atoms with Crippen molar-refractivity contribution in [1.29, 1.82) is 0 Å². The van der Waals surface area contributed by atoms with E-state index in [1.807, 2.05) is 24.3 Å². The van der Waals surface area contributed by atoms with E-state index in [2.05, 4.69) is 178 Å². The van der Waals surface area contributed by atoms with E-state index in [0.29, 0.717) is 0 Å². The molecule has 0 aromatic heterocycles. The van der Waals surface area contributed by atoms with Crippen LogP contribution in [0.2, 0.25) is 0 Å². The lowest BCUT2D eigenvalue weighted by Crippen LogP contribution is -2.18. The van der Waals surface area contributed by atoms with Crippen LogP contribution in [-0.2, 0) is 0 Å². The molecule has 1 heterocycles. The molecule has 1 aliphatic heterocycles. The number of hydrogen-bond donors (Lipinski definition) is 0. The van der Waals surface area contributed by atoms with E-state index in [9.17, 15) is 0 Å². The first-order valence-corrected chi connectivity index (χ1v) is 15.5. The zero-order valence-electron chi connectivity index (χ0n) is 25.1. The Morgan fingerprint density at radius 1 is 0.326 bits per heavy atom. The van der Waals surface area contributed by atoms with Crippen LogP contribution < -0.4 is 19.4 Å². The number of benzene rings is 7. The molecule has 220 valence electrons. The highest BCUT2D eigenvalue weighted by Crippen LogP contribution is 2.53. The van der Waals surface area contributed by atoms with Crippen molar-refractivity contribution in [3.05, 3.63) is 188 Å². The summed E-state index contributed by atoms with van der Waals surface area (Å²) < 4.78 is 6.64. The van der Waals surface area contributed by atoms with Gasteiger partial charge in [0.25, 0.3) is 0 Å². The second-order valence-corrected chi connectivity index (χ2v) is 11.1. The third kappa shape index (κ3) is 5.12. The van der Waals surface area contributed by atoms with Gasteiger partial charge in [0, 0.05) is 39.8 Å². The fourth-order valence-electron chi connectivity index (χ4n) is 6.12. The second-order valence-electron chi connectivity index (χ2n) is 11.1. The highest BCUT2D eigenvalue weighted by atomic mass is 16.5. The van der Waals surface area contributed by atoms with Crippen molar-refractivity contribution >= 4 is 51.2 Å². The first-order valence-electron chi connectivity index (χ1n) is 15.5. The maximum Gasteiger partial charge on any atom is 0.151 e. The van der Waals surface area contributed by atoms with E-state index in [4.69, 9.17) is 4.74 Å². The third-order valence-electron chi connectivity index (χ3n) is 8.18.